The van der Waals surface area contributed by atoms with E-state index in [1.54, 1.807) is 0 Å². The summed E-state index contributed by atoms with van der Waals surface area (Å²) in [6.07, 6.45) is 1.87. The first kappa shape index (κ1) is 20.9. The van der Waals surface area contributed by atoms with Gasteiger partial charge in [-0.25, -0.2) is 0 Å². The fourth-order valence-corrected chi connectivity index (χ4v) is 3.94. The van der Waals surface area contributed by atoms with Gasteiger partial charge in [0.25, 0.3) is 0 Å². The minimum Gasteiger partial charge on any atom is -0.0843 e. The maximum absolute atomic E-state index is 6.07. The van der Waals surface area contributed by atoms with Gasteiger partial charge in [-0.2, -0.15) is 0 Å². The maximum atomic E-state index is 6.07. The van der Waals surface area contributed by atoms with Gasteiger partial charge in [-0.05, 0) is 62.9 Å². The van der Waals surface area contributed by atoms with Gasteiger partial charge in [0, 0.05) is 28.3 Å². The van der Waals surface area contributed by atoms with Crippen molar-refractivity contribution in [3.05, 3.63) is 138 Å². The average Bonchev–Trinajstić information content (AvgIpc) is 2.89. The van der Waals surface area contributed by atoms with Gasteiger partial charge in [-0.1, -0.05) is 90.5 Å². The van der Waals surface area contributed by atoms with Crippen LogP contribution in [0.5, 0.6) is 0 Å². The molecule has 3 heteroatoms. The summed E-state index contributed by atoms with van der Waals surface area (Å²) in [4.78, 5) is 0. The number of hydrogen-bond donors (Lipinski definition) is 0. The summed E-state index contributed by atoms with van der Waals surface area (Å²) in [6, 6.07) is 43.3. The molecule has 0 spiro atoms. The van der Waals surface area contributed by atoms with Crippen LogP contribution in [0.3, 0.4) is 0 Å². The number of aromatic nitrogens is 1. The van der Waals surface area contributed by atoms with Gasteiger partial charge >= 0.3 is 0 Å². The van der Waals surface area contributed by atoms with Crippen molar-refractivity contribution in [1.29, 1.82) is 0 Å². The Hall–Kier alpha value is -4.01. The van der Waals surface area contributed by atoms with E-state index in [1.165, 1.54) is 5.56 Å². The molecule has 5 rings (SSSR count). The van der Waals surface area contributed by atoms with E-state index in [9.17, 15) is 0 Å². The van der Waals surface area contributed by atoms with E-state index >= 15 is 0 Å². The van der Waals surface area contributed by atoms with Crippen molar-refractivity contribution < 1.29 is 4.68 Å². The Morgan fingerprint density at radius 2 is 0.970 bits per heavy atom. The molecule has 0 aliphatic carbocycles. The average molecular weight is 446 g/mol. The zero-order valence-corrected chi connectivity index (χ0v) is 18.7. The first-order chi connectivity index (χ1) is 16.3. The number of pyridine rings is 1. The van der Waals surface area contributed by atoms with Crippen molar-refractivity contribution in [2.45, 2.75) is 0 Å². The van der Waals surface area contributed by atoms with Crippen LogP contribution < -0.4 is 4.68 Å². The fourth-order valence-electron chi connectivity index (χ4n) is 3.81. The third-order valence-corrected chi connectivity index (χ3v) is 5.73. The molecule has 0 bridgehead atoms. The molecule has 1 aromatic heterocycles. The van der Waals surface area contributed by atoms with Gasteiger partial charge in [0.15, 0.2) is 0 Å². The topological polar surface area (TPSA) is 16.2 Å². The molecule has 158 valence electrons. The minimum absolute atomic E-state index is 0.710. The Bertz CT molecular complexity index is 1320. The second-order valence-electron chi connectivity index (χ2n) is 7.72. The summed E-state index contributed by atoms with van der Waals surface area (Å²) in [5.41, 5.74) is 7.52. The van der Waals surface area contributed by atoms with Gasteiger partial charge in [0.1, 0.15) is 6.21 Å². The Labute approximate surface area is 199 Å². The van der Waals surface area contributed by atoms with Gasteiger partial charge in [0.2, 0.25) is 11.4 Å². The van der Waals surface area contributed by atoms with E-state index in [1.807, 2.05) is 53.4 Å². The van der Waals surface area contributed by atoms with Gasteiger partial charge in [-0.3, -0.25) is 0 Å². The molecule has 33 heavy (non-hydrogen) atoms. The molecule has 2 nitrogen and oxygen atoms in total. The van der Waals surface area contributed by atoms with Crippen LogP contribution in [-0.4, -0.2) is 6.21 Å². The molecule has 0 aliphatic heterocycles. The minimum atomic E-state index is 0.710. The summed E-state index contributed by atoms with van der Waals surface area (Å²) >= 11 is 6.07. The predicted molar refractivity (Wildman–Crippen MR) is 137 cm³/mol. The second-order valence-corrected chi connectivity index (χ2v) is 8.16. The van der Waals surface area contributed by atoms with Crippen molar-refractivity contribution in [3.8, 4) is 33.6 Å². The van der Waals surface area contributed by atoms with E-state index in [0.717, 1.165) is 33.6 Å². The molecule has 1 heterocycles. The second kappa shape index (κ2) is 9.64. The molecule has 0 N–H and O–H groups in total. The number of halogens is 1. The quantitative estimate of drug-likeness (QED) is 0.196. The fraction of sp³-hybridized carbons (Fsp3) is 0. The summed E-state index contributed by atoms with van der Waals surface area (Å²) in [6.45, 7) is 0. The van der Waals surface area contributed by atoms with Crippen LogP contribution in [0.25, 0.3) is 33.6 Å². The SMILES string of the molecule is Clc1ccc(C=N[n+]2c(-c3ccccc3)cc(-c3ccccc3)cc2-c2ccccc2)cc1. The Balaban J connectivity index is 1.76. The summed E-state index contributed by atoms with van der Waals surface area (Å²) < 4.78 is 2.02. The lowest BCUT2D eigenvalue weighted by atomic mass is 10.00. The highest BCUT2D eigenvalue weighted by Gasteiger charge is 2.23. The van der Waals surface area contributed by atoms with Crippen LogP contribution in [0.2, 0.25) is 5.02 Å². The number of benzene rings is 4. The number of rotatable bonds is 5. The molecule has 5 aromatic rings. The van der Waals surface area contributed by atoms with Crippen LogP contribution in [0.1, 0.15) is 5.56 Å². The van der Waals surface area contributed by atoms with E-state index < -0.39 is 0 Å². The zero-order chi connectivity index (χ0) is 22.5. The Kier molecular flexibility index (Phi) is 6.10. The van der Waals surface area contributed by atoms with Gasteiger partial charge in [-0.15, -0.1) is 0 Å². The molecule has 0 atom stereocenters. The van der Waals surface area contributed by atoms with Crippen LogP contribution in [0.4, 0.5) is 0 Å². The summed E-state index contributed by atoms with van der Waals surface area (Å²) in [7, 11) is 0. The highest BCUT2D eigenvalue weighted by molar-refractivity contribution is 6.30. The summed E-state index contributed by atoms with van der Waals surface area (Å²) in [5, 5.41) is 5.65. The molecule has 4 aromatic carbocycles. The molecule has 0 saturated heterocycles. The molecule has 0 aliphatic rings. The lowest BCUT2D eigenvalue weighted by Crippen LogP contribution is -2.34. The van der Waals surface area contributed by atoms with Crippen molar-refractivity contribution >= 4 is 17.8 Å². The third kappa shape index (κ3) is 4.77. The normalized spacial score (nSPS) is 11.1. The van der Waals surface area contributed by atoms with Crippen LogP contribution in [0, 0.1) is 0 Å². The van der Waals surface area contributed by atoms with E-state index in [-0.39, 0.29) is 0 Å². The van der Waals surface area contributed by atoms with Crippen molar-refractivity contribution in [2.24, 2.45) is 5.10 Å². The zero-order valence-electron chi connectivity index (χ0n) is 18.0. The third-order valence-electron chi connectivity index (χ3n) is 5.48. The molecule has 0 fully saturated rings. The summed E-state index contributed by atoms with van der Waals surface area (Å²) in [5.74, 6) is 0. The molecule has 0 unspecified atom stereocenters. The largest absolute Gasteiger partial charge is 0.246 e. The highest BCUT2D eigenvalue weighted by atomic mass is 35.5. The molecular formula is C30H22ClN2+. The monoisotopic (exact) mass is 445 g/mol. The Morgan fingerprint density at radius 3 is 1.45 bits per heavy atom. The standard InChI is InChI=1S/C30H22ClN2/c31-28-18-16-23(17-19-28)22-32-33-29(25-12-6-2-7-13-25)20-27(24-10-4-1-5-11-24)21-30(33)26-14-8-3-9-15-26/h1-22H/q+1. The molecule has 0 saturated carbocycles. The lowest BCUT2D eigenvalue weighted by Gasteiger charge is -2.09. The molecular weight excluding hydrogens is 424 g/mol. The highest BCUT2D eigenvalue weighted by Crippen LogP contribution is 2.29. The predicted octanol–water partition coefficient (Wildman–Crippen LogP) is 7.51. The van der Waals surface area contributed by atoms with Crippen molar-refractivity contribution in [3.63, 3.8) is 0 Å². The van der Waals surface area contributed by atoms with Crippen molar-refractivity contribution in [1.82, 2.24) is 0 Å². The van der Waals surface area contributed by atoms with Crippen LogP contribution in [-0.2, 0) is 0 Å². The van der Waals surface area contributed by atoms with E-state index in [2.05, 4.69) is 84.9 Å². The first-order valence-electron chi connectivity index (χ1n) is 10.8. The maximum Gasteiger partial charge on any atom is 0.246 e. The first-order valence-corrected chi connectivity index (χ1v) is 11.2. The number of nitrogens with zero attached hydrogens (tertiary/aromatic N) is 2. The molecule has 0 amide bonds. The number of hydrogen-bond acceptors (Lipinski definition) is 1. The molecule has 0 radical (unpaired) electrons. The Morgan fingerprint density at radius 1 is 0.515 bits per heavy atom. The van der Waals surface area contributed by atoms with Gasteiger partial charge in [0.05, 0.1) is 0 Å². The van der Waals surface area contributed by atoms with E-state index in [0.29, 0.717) is 5.02 Å². The van der Waals surface area contributed by atoms with Crippen molar-refractivity contribution in [2.75, 3.05) is 0 Å². The van der Waals surface area contributed by atoms with Crippen LogP contribution in [0.15, 0.2) is 132 Å². The van der Waals surface area contributed by atoms with E-state index in [4.69, 9.17) is 16.7 Å². The lowest BCUT2D eigenvalue weighted by molar-refractivity contribution is -0.656. The van der Waals surface area contributed by atoms with Gasteiger partial charge < -0.3 is 0 Å². The smallest absolute Gasteiger partial charge is 0.0843 e. The van der Waals surface area contributed by atoms with Crippen LogP contribution >= 0.6 is 11.6 Å².